The van der Waals surface area contributed by atoms with Crippen molar-refractivity contribution in [2.75, 3.05) is 11.9 Å². The molecule has 2 amide bonds. The molecule has 0 bridgehead atoms. The Kier molecular flexibility index (Phi) is 6.85. The highest BCUT2D eigenvalue weighted by Gasteiger charge is 2.46. The van der Waals surface area contributed by atoms with Crippen LogP contribution in [0.15, 0.2) is 18.3 Å². The number of nitrogens with two attached hydrogens (primary N) is 1. The molecule has 1 aromatic rings. The van der Waals surface area contributed by atoms with Crippen LogP contribution in [0.2, 0.25) is 0 Å². The van der Waals surface area contributed by atoms with Crippen LogP contribution in [-0.2, 0) is 14.3 Å². The molecule has 4 N–H and O–H groups in total. The molecule has 2 saturated carbocycles. The molecule has 28 heavy (non-hydrogen) atoms. The summed E-state index contributed by atoms with van der Waals surface area (Å²) in [6.07, 6.45) is 11.2. The smallest absolute Gasteiger partial charge is 0.323 e. The van der Waals surface area contributed by atoms with E-state index < -0.39 is 11.8 Å². The van der Waals surface area contributed by atoms with Crippen LogP contribution in [0.1, 0.15) is 58.3 Å². The normalized spacial score (nSPS) is 26.4. The van der Waals surface area contributed by atoms with E-state index in [0.717, 1.165) is 25.9 Å². The second-order valence-corrected chi connectivity index (χ2v) is 7.88. The minimum Gasteiger partial charge on any atom is -0.474 e. The van der Waals surface area contributed by atoms with Gasteiger partial charge in [0.2, 0.25) is 5.88 Å². The number of amides is 2. The van der Waals surface area contributed by atoms with E-state index in [9.17, 15) is 9.59 Å². The van der Waals surface area contributed by atoms with Crippen LogP contribution in [0.25, 0.3) is 0 Å². The van der Waals surface area contributed by atoms with E-state index >= 15 is 0 Å². The van der Waals surface area contributed by atoms with Crippen molar-refractivity contribution in [1.82, 2.24) is 10.4 Å². The van der Waals surface area contributed by atoms with Gasteiger partial charge in [-0.15, -0.1) is 0 Å². The van der Waals surface area contributed by atoms with Crippen molar-refractivity contribution < 1.29 is 19.1 Å². The first-order valence-electron chi connectivity index (χ1n) is 10.1. The topological polar surface area (TPSA) is 116 Å². The van der Waals surface area contributed by atoms with Crippen molar-refractivity contribution >= 4 is 17.5 Å². The molecule has 0 aliphatic heterocycles. The van der Waals surface area contributed by atoms with Gasteiger partial charge in [0.1, 0.15) is 6.10 Å². The zero-order valence-electron chi connectivity index (χ0n) is 16.4. The summed E-state index contributed by atoms with van der Waals surface area (Å²) in [6, 6.07) is 3.35. The molecule has 2 fully saturated rings. The van der Waals surface area contributed by atoms with Crippen LogP contribution in [0.5, 0.6) is 5.88 Å². The van der Waals surface area contributed by atoms with Crippen LogP contribution < -0.4 is 21.3 Å². The second kappa shape index (κ2) is 9.34. The SMILES string of the molecule is CCCCOC1CC2(CCC(Oc3ccc(NC(=O)C(=O)NN)cn3)CC2)C1. The largest absolute Gasteiger partial charge is 0.474 e. The van der Waals surface area contributed by atoms with Crippen LogP contribution >= 0.6 is 0 Å². The van der Waals surface area contributed by atoms with Gasteiger partial charge in [-0.05, 0) is 56.4 Å². The van der Waals surface area contributed by atoms with Crippen molar-refractivity contribution in [1.29, 1.82) is 0 Å². The Hall–Kier alpha value is -2.19. The highest BCUT2D eigenvalue weighted by molar-refractivity contribution is 6.39. The Morgan fingerprint density at radius 1 is 1.21 bits per heavy atom. The van der Waals surface area contributed by atoms with Crippen LogP contribution in [-0.4, -0.2) is 35.6 Å². The first-order chi connectivity index (χ1) is 13.5. The first-order valence-corrected chi connectivity index (χ1v) is 10.1. The lowest BCUT2D eigenvalue weighted by Gasteiger charge is -2.51. The minimum absolute atomic E-state index is 0.168. The average molecular weight is 390 g/mol. The lowest BCUT2D eigenvalue weighted by molar-refractivity contribution is -0.136. The van der Waals surface area contributed by atoms with E-state index in [0.29, 0.717) is 23.1 Å². The Labute approximate surface area is 165 Å². The van der Waals surface area contributed by atoms with E-state index in [2.05, 4.69) is 17.2 Å². The summed E-state index contributed by atoms with van der Waals surface area (Å²) in [5.74, 6) is 3.69. The molecular formula is C20H30N4O4. The monoisotopic (exact) mass is 390 g/mol. The molecule has 1 heterocycles. The van der Waals surface area contributed by atoms with E-state index in [1.807, 2.05) is 0 Å². The Morgan fingerprint density at radius 3 is 2.57 bits per heavy atom. The molecule has 0 unspecified atom stereocenters. The number of hydrazine groups is 1. The van der Waals surface area contributed by atoms with Gasteiger partial charge in [-0.3, -0.25) is 15.0 Å². The lowest BCUT2D eigenvalue weighted by Crippen LogP contribution is -2.46. The predicted octanol–water partition coefficient (Wildman–Crippen LogP) is 2.30. The third kappa shape index (κ3) is 5.20. The molecule has 3 rings (SSSR count). The molecule has 154 valence electrons. The van der Waals surface area contributed by atoms with E-state index in [1.54, 1.807) is 17.6 Å². The Bertz CT molecular complexity index is 663. The fourth-order valence-corrected chi connectivity index (χ4v) is 4.10. The summed E-state index contributed by atoms with van der Waals surface area (Å²) in [6.45, 7) is 3.08. The van der Waals surface area contributed by atoms with Crippen molar-refractivity contribution in [3.63, 3.8) is 0 Å². The first kappa shape index (κ1) is 20.5. The molecule has 1 aromatic heterocycles. The fourth-order valence-electron chi connectivity index (χ4n) is 4.10. The Morgan fingerprint density at radius 2 is 1.96 bits per heavy atom. The number of ether oxygens (including phenoxy) is 2. The van der Waals surface area contributed by atoms with Gasteiger partial charge in [0.05, 0.1) is 18.0 Å². The molecule has 0 radical (unpaired) electrons. The molecule has 0 saturated heterocycles. The van der Waals surface area contributed by atoms with Crippen molar-refractivity contribution in [3.8, 4) is 5.88 Å². The summed E-state index contributed by atoms with van der Waals surface area (Å²) < 4.78 is 11.9. The number of hydrogen-bond donors (Lipinski definition) is 3. The molecular weight excluding hydrogens is 360 g/mol. The summed E-state index contributed by atoms with van der Waals surface area (Å²) in [5.41, 5.74) is 2.65. The number of aromatic nitrogens is 1. The van der Waals surface area contributed by atoms with Gasteiger partial charge >= 0.3 is 11.8 Å². The van der Waals surface area contributed by atoms with E-state index in [1.165, 1.54) is 38.3 Å². The number of carbonyl (C=O) groups is 2. The number of nitrogens with one attached hydrogen (secondary N) is 2. The zero-order valence-corrected chi connectivity index (χ0v) is 16.4. The number of rotatable bonds is 7. The highest BCUT2D eigenvalue weighted by Crippen LogP contribution is 2.53. The molecule has 0 aromatic carbocycles. The number of unbranched alkanes of at least 4 members (excludes halogenated alkanes) is 1. The summed E-state index contributed by atoms with van der Waals surface area (Å²) in [7, 11) is 0. The fraction of sp³-hybridized carbons (Fsp3) is 0.650. The number of nitrogens with zero attached hydrogens (tertiary/aromatic N) is 1. The molecule has 2 aliphatic rings. The minimum atomic E-state index is -0.912. The molecule has 8 nitrogen and oxygen atoms in total. The summed E-state index contributed by atoms with van der Waals surface area (Å²) in [5, 5.41) is 2.41. The number of hydrogen-bond acceptors (Lipinski definition) is 6. The highest BCUT2D eigenvalue weighted by atomic mass is 16.5. The van der Waals surface area contributed by atoms with Crippen molar-refractivity contribution in [2.24, 2.45) is 11.3 Å². The number of carbonyl (C=O) groups excluding carboxylic acids is 2. The molecule has 8 heteroatoms. The van der Waals surface area contributed by atoms with Gasteiger partial charge in [-0.25, -0.2) is 10.8 Å². The zero-order chi connectivity index (χ0) is 20.0. The maximum atomic E-state index is 11.5. The predicted molar refractivity (Wildman–Crippen MR) is 104 cm³/mol. The maximum Gasteiger partial charge on any atom is 0.323 e. The molecule has 1 spiro atoms. The van der Waals surface area contributed by atoms with Gasteiger partial charge in [0.15, 0.2) is 0 Å². The van der Waals surface area contributed by atoms with Crippen LogP contribution in [0.4, 0.5) is 5.69 Å². The summed E-state index contributed by atoms with van der Waals surface area (Å²) in [4.78, 5) is 26.8. The van der Waals surface area contributed by atoms with Gasteiger partial charge in [0, 0.05) is 12.7 Å². The quantitative estimate of drug-likeness (QED) is 0.216. The van der Waals surface area contributed by atoms with Crippen molar-refractivity contribution in [2.45, 2.75) is 70.5 Å². The third-order valence-electron chi connectivity index (χ3n) is 5.79. The Balaban J connectivity index is 1.39. The van der Waals surface area contributed by atoms with Crippen LogP contribution in [0.3, 0.4) is 0 Å². The van der Waals surface area contributed by atoms with Gasteiger partial charge in [0.25, 0.3) is 0 Å². The lowest BCUT2D eigenvalue weighted by atomic mass is 9.59. The maximum absolute atomic E-state index is 11.5. The summed E-state index contributed by atoms with van der Waals surface area (Å²) >= 11 is 0. The third-order valence-corrected chi connectivity index (χ3v) is 5.79. The van der Waals surface area contributed by atoms with E-state index in [-0.39, 0.29) is 6.10 Å². The van der Waals surface area contributed by atoms with Gasteiger partial charge in [-0.1, -0.05) is 13.3 Å². The van der Waals surface area contributed by atoms with Crippen LogP contribution in [0, 0.1) is 5.41 Å². The number of anilines is 1. The average Bonchev–Trinajstić information content (AvgIpc) is 2.69. The standard InChI is InChI=1S/C20H30N4O4/c1-2-3-10-27-16-11-20(12-16)8-6-15(7-9-20)28-17-5-4-14(13-22-17)23-18(25)19(26)24-21/h4-5,13,15-16H,2-3,6-12,21H2,1H3,(H,23,25)(H,24,26). The second-order valence-electron chi connectivity index (χ2n) is 7.88. The van der Waals surface area contributed by atoms with E-state index in [4.69, 9.17) is 15.3 Å². The number of pyridine rings is 1. The molecule has 2 aliphatic carbocycles. The van der Waals surface area contributed by atoms with Gasteiger partial charge < -0.3 is 14.8 Å². The van der Waals surface area contributed by atoms with Crippen molar-refractivity contribution in [3.05, 3.63) is 18.3 Å². The van der Waals surface area contributed by atoms with Gasteiger partial charge in [-0.2, -0.15) is 0 Å². The molecule has 0 atom stereocenters.